The second kappa shape index (κ2) is 4.96. The Kier molecular flexibility index (Phi) is 3.55. The first kappa shape index (κ1) is 12.9. The predicted molar refractivity (Wildman–Crippen MR) is 71.1 cm³/mol. The van der Waals surface area contributed by atoms with Gasteiger partial charge in [0.25, 0.3) is 0 Å². The van der Waals surface area contributed by atoms with E-state index < -0.39 is 5.97 Å². The molecule has 0 bridgehead atoms. The zero-order chi connectivity index (χ0) is 13.3. The Hall–Kier alpha value is -1.58. The van der Waals surface area contributed by atoms with Crippen LogP contribution in [0, 0.1) is 19.8 Å². The van der Waals surface area contributed by atoms with Gasteiger partial charge in [0.15, 0.2) is 0 Å². The van der Waals surface area contributed by atoms with Gasteiger partial charge in [0.05, 0.1) is 0 Å². The van der Waals surface area contributed by atoms with Crippen molar-refractivity contribution in [1.29, 1.82) is 0 Å². The molecule has 1 aliphatic carbocycles. The summed E-state index contributed by atoms with van der Waals surface area (Å²) in [6, 6.07) is 2.09. The number of carboxylic acids is 1. The van der Waals surface area contributed by atoms with Crippen molar-refractivity contribution in [3.05, 3.63) is 22.9 Å². The highest BCUT2D eigenvalue weighted by Gasteiger charge is 2.25. The zero-order valence-corrected chi connectivity index (χ0v) is 11.2. The van der Waals surface area contributed by atoms with Crippen LogP contribution in [-0.2, 0) is 0 Å². The van der Waals surface area contributed by atoms with E-state index in [-0.39, 0.29) is 6.04 Å². The third kappa shape index (κ3) is 2.47. The molecule has 98 valence electrons. The molecule has 4 nitrogen and oxygen atoms in total. The van der Waals surface area contributed by atoms with Gasteiger partial charge in [-0.05, 0) is 51.2 Å². The van der Waals surface area contributed by atoms with Gasteiger partial charge in [0.2, 0.25) is 0 Å². The average Bonchev–Trinajstić information content (AvgIpc) is 2.11. The normalized spacial score (nSPS) is 17.1. The fraction of sp³-hybridized carbons (Fsp3) is 0.571. The van der Waals surface area contributed by atoms with Crippen LogP contribution in [0.15, 0.2) is 6.07 Å². The lowest BCUT2D eigenvalue weighted by atomic mass is 9.80. The summed E-state index contributed by atoms with van der Waals surface area (Å²) in [5.74, 6) is 0.247. The van der Waals surface area contributed by atoms with Crippen molar-refractivity contribution in [2.24, 2.45) is 5.92 Å². The number of hydrogen-bond donors (Lipinski definition) is 2. The molecule has 18 heavy (non-hydrogen) atoms. The second-order valence-corrected chi connectivity index (χ2v) is 5.23. The third-order valence-corrected chi connectivity index (χ3v) is 3.78. The molecule has 2 N–H and O–H groups in total. The lowest BCUT2D eigenvalue weighted by molar-refractivity contribution is 0.0696. The number of anilines is 1. The molecule has 2 rings (SSSR count). The van der Waals surface area contributed by atoms with E-state index in [9.17, 15) is 9.90 Å². The number of hydrogen-bond acceptors (Lipinski definition) is 3. The molecule has 1 aromatic rings. The number of pyridine rings is 1. The van der Waals surface area contributed by atoms with Gasteiger partial charge >= 0.3 is 5.97 Å². The van der Waals surface area contributed by atoms with Gasteiger partial charge in [0.1, 0.15) is 11.4 Å². The molecular weight excluding hydrogens is 228 g/mol. The Balaban J connectivity index is 2.27. The number of aromatic nitrogens is 1. The molecule has 0 aromatic carbocycles. The minimum atomic E-state index is -0.914. The van der Waals surface area contributed by atoms with Gasteiger partial charge in [-0.2, -0.15) is 0 Å². The number of carboxylic acid groups (broad SMARTS) is 1. The van der Waals surface area contributed by atoms with Crippen molar-refractivity contribution in [1.82, 2.24) is 4.98 Å². The lowest BCUT2D eigenvalue weighted by Crippen LogP contribution is -2.32. The van der Waals surface area contributed by atoms with Crippen LogP contribution >= 0.6 is 0 Å². The van der Waals surface area contributed by atoms with E-state index in [4.69, 9.17) is 0 Å². The minimum absolute atomic E-state index is 0.283. The van der Waals surface area contributed by atoms with Gasteiger partial charge in [-0.25, -0.2) is 9.78 Å². The summed E-state index contributed by atoms with van der Waals surface area (Å²) in [7, 11) is 0. The number of aromatic carboxylic acids is 1. The van der Waals surface area contributed by atoms with Gasteiger partial charge in [-0.15, -0.1) is 0 Å². The van der Waals surface area contributed by atoms with Crippen molar-refractivity contribution < 1.29 is 9.90 Å². The first-order chi connectivity index (χ1) is 8.49. The number of carbonyl (C=O) groups is 1. The molecule has 0 spiro atoms. The summed E-state index contributed by atoms with van der Waals surface area (Å²) in [4.78, 5) is 15.7. The largest absolute Gasteiger partial charge is 0.478 e. The Morgan fingerprint density at radius 1 is 1.50 bits per heavy atom. The topological polar surface area (TPSA) is 62.2 Å². The number of rotatable bonds is 4. The standard InChI is InChI=1S/C14H20N2O2/c1-8-7-9(2)15-13(12(8)14(17)18)16-10(3)11-5-4-6-11/h7,10-11H,4-6H2,1-3H3,(H,15,16)(H,17,18). The fourth-order valence-corrected chi connectivity index (χ4v) is 2.48. The minimum Gasteiger partial charge on any atom is -0.478 e. The highest BCUT2D eigenvalue weighted by atomic mass is 16.4. The Morgan fingerprint density at radius 2 is 2.17 bits per heavy atom. The monoisotopic (exact) mass is 248 g/mol. The van der Waals surface area contributed by atoms with Crippen LogP contribution in [0.2, 0.25) is 0 Å². The summed E-state index contributed by atoms with van der Waals surface area (Å²) < 4.78 is 0. The average molecular weight is 248 g/mol. The Morgan fingerprint density at radius 3 is 2.67 bits per heavy atom. The van der Waals surface area contributed by atoms with E-state index >= 15 is 0 Å². The summed E-state index contributed by atoms with van der Waals surface area (Å²) in [5.41, 5.74) is 1.91. The second-order valence-electron chi connectivity index (χ2n) is 5.23. The van der Waals surface area contributed by atoms with Crippen LogP contribution < -0.4 is 5.32 Å². The predicted octanol–water partition coefficient (Wildman–Crippen LogP) is 3.00. The van der Waals surface area contributed by atoms with Crippen LogP contribution in [0.3, 0.4) is 0 Å². The van der Waals surface area contributed by atoms with Crippen LogP contribution in [-0.4, -0.2) is 22.1 Å². The molecule has 1 unspecified atom stereocenters. The lowest BCUT2D eigenvalue weighted by Gasteiger charge is -2.32. The Bertz CT molecular complexity index is 467. The van der Waals surface area contributed by atoms with Crippen molar-refractivity contribution in [3.63, 3.8) is 0 Å². The quantitative estimate of drug-likeness (QED) is 0.859. The molecule has 4 heteroatoms. The molecule has 0 radical (unpaired) electrons. The van der Waals surface area contributed by atoms with Crippen molar-refractivity contribution >= 4 is 11.8 Å². The highest BCUT2D eigenvalue weighted by molar-refractivity contribution is 5.94. The number of aryl methyl sites for hydroxylation is 2. The SMILES string of the molecule is Cc1cc(C)c(C(=O)O)c(NC(C)C2CCC2)n1. The van der Waals surface area contributed by atoms with E-state index in [1.54, 1.807) is 0 Å². The van der Waals surface area contributed by atoms with Gasteiger partial charge < -0.3 is 10.4 Å². The zero-order valence-electron chi connectivity index (χ0n) is 11.2. The van der Waals surface area contributed by atoms with E-state index in [1.807, 2.05) is 19.9 Å². The first-order valence-electron chi connectivity index (χ1n) is 6.47. The molecule has 1 atom stereocenters. The van der Waals surface area contributed by atoms with E-state index in [0.29, 0.717) is 17.3 Å². The van der Waals surface area contributed by atoms with E-state index in [1.165, 1.54) is 19.3 Å². The van der Waals surface area contributed by atoms with Gasteiger partial charge in [-0.3, -0.25) is 0 Å². The van der Waals surface area contributed by atoms with Gasteiger partial charge in [0, 0.05) is 11.7 Å². The van der Waals surface area contributed by atoms with Crippen molar-refractivity contribution in [2.75, 3.05) is 5.32 Å². The smallest absolute Gasteiger partial charge is 0.339 e. The molecule has 1 fully saturated rings. The molecule has 1 saturated carbocycles. The van der Waals surface area contributed by atoms with Crippen LogP contribution in [0.4, 0.5) is 5.82 Å². The van der Waals surface area contributed by atoms with E-state index in [2.05, 4.69) is 17.2 Å². The van der Waals surface area contributed by atoms with Gasteiger partial charge in [-0.1, -0.05) is 6.42 Å². The fourth-order valence-electron chi connectivity index (χ4n) is 2.48. The Labute approximate surface area is 107 Å². The maximum atomic E-state index is 11.3. The van der Waals surface area contributed by atoms with Crippen LogP contribution in [0.25, 0.3) is 0 Å². The summed E-state index contributed by atoms with van der Waals surface area (Å²) >= 11 is 0. The number of nitrogens with zero attached hydrogens (tertiary/aromatic N) is 1. The molecular formula is C14H20N2O2. The summed E-state index contributed by atoms with van der Waals surface area (Å²) in [5, 5.41) is 12.6. The molecule has 1 aliphatic rings. The van der Waals surface area contributed by atoms with Crippen molar-refractivity contribution in [2.45, 2.75) is 46.1 Å². The maximum Gasteiger partial charge on any atom is 0.339 e. The summed E-state index contributed by atoms with van der Waals surface area (Å²) in [6.07, 6.45) is 3.73. The molecule has 0 amide bonds. The molecule has 0 aliphatic heterocycles. The van der Waals surface area contributed by atoms with E-state index in [0.717, 1.165) is 11.3 Å². The third-order valence-electron chi connectivity index (χ3n) is 3.78. The molecule has 0 saturated heterocycles. The van der Waals surface area contributed by atoms with Crippen LogP contribution in [0.1, 0.15) is 47.8 Å². The highest BCUT2D eigenvalue weighted by Crippen LogP contribution is 2.31. The molecule has 1 aromatic heterocycles. The number of nitrogens with one attached hydrogen (secondary N) is 1. The summed E-state index contributed by atoms with van der Waals surface area (Å²) in [6.45, 7) is 5.81. The first-order valence-corrected chi connectivity index (χ1v) is 6.47. The maximum absolute atomic E-state index is 11.3. The van der Waals surface area contributed by atoms with Crippen molar-refractivity contribution in [3.8, 4) is 0 Å². The molecule has 1 heterocycles. The van der Waals surface area contributed by atoms with Crippen LogP contribution in [0.5, 0.6) is 0 Å².